The minimum Gasteiger partial charge on any atom is -0.406 e. The SMILES string of the molecule is Cc1nc(C(F)(F)F)cn1-c1ccc(-c2cccc(S(C)(=O)=O)c2)cc1-n1nncc1Cc1cccc(OC(F)(F)F)c1. The van der Waals surface area contributed by atoms with Crippen molar-refractivity contribution < 1.29 is 39.5 Å². The van der Waals surface area contributed by atoms with Crippen molar-refractivity contribution in [1.82, 2.24) is 24.5 Å². The maximum Gasteiger partial charge on any atom is 0.573 e. The van der Waals surface area contributed by atoms with Crippen molar-refractivity contribution in [2.24, 2.45) is 0 Å². The van der Waals surface area contributed by atoms with Crippen molar-refractivity contribution in [2.45, 2.75) is 30.8 Å². The summed E-state index contributed by atoms with van der Waals surface area (Å²) in [4.78, 5) is 3.72. The molecular formula is C28H21F6N5O3S. The Morgan fingerprint density at radius 3 is 2.28 bits per heavy atom. The first-order valence-corrected chi connectivity index (χ1v) is 14.3. The van der Waals surface area contributed by atoms with Gasteiger partial charge >= 0.3 is 12.5 Å². The van der Waals surface area contributed by atoms with Crippen LogP contribution in [0.25, 0.3) is 22.5 Å². The second-order valence-electron chi connectivity index (χ2n) is 9.55. The van der Waals surface area contributed by atoms with Crippen molar-refractivity contribution in [3.8, 4) is 28.3 Å². The Morgan fingerprint density at radius 1 is 0.884 bits per heavy atom. The largest absolute Gasteiger partial charge is 0.573 e. The summed E-state index contributed by atoms with van der Waals surface area (Å²) in [5.41, 5.74) is 1.22. The highest BCUT2D eigenvalue weighted by Gasteiger charge is 2.35. The fraction of sp³-hybridized carbons (Fsp3) is 0.179. The van der Waals surface area contributed by atoms with Gasteiger partial charge in [-0.05, 0) is 60.0 Å². The predicted octanol–water partition coefficient (Wildman–Crippen LogP) is 6.34. The molecule has 15 heteroatoms. The first-order chi connectivity index (χ1) is 20.1. The summed E-state index contributed by atoms with van der Waals surface area (Å²) < 4.78 is 110. The molecule has 0 bridgehead atoms. The van der Waals surface area contributed by atoms with Crippen LogP contribution in [0.3, 0.4) is 0 Å². The normalized spacial score (nSPS) is 12.5. The van der Waals surface area contributed by atoms with Crippen molar-refractivity contribution in [3.63, 3.8) is 0 Å². The number of ether oxygens (including phenoxy) is 1. The molecule has 0 aliphatic carbocycles. The molecule has 3 aromatic carbocycles. The molecule has 2 aromatic heterocycles. The molecule has 0 saturated carbocycles. The number of hydrogen-bond acceptors (Lipinski definition) is 6. The van der Waals surface area contributed by atoms with Crippen LogP contribution >= 0.6 is 0 Å². The van der Waals surface area contributed by atoms with E-state index in [-0.39, 0.29) is 28.5 Å². The van der Waals surface area contributed by atoms with E-state index in [2.05, 4.69) is 20.0 Å². The van der Waals surface area contributed by atoms with Crippen molar-refractivity contribution in [3.05, 3.63) is 102 Å². The number of aromatic nitrogens is 5. The molecule has 0 aliphatic heterocycles. The third-order valence-electron chi connectivity index (χ3n) is 6.37. The maximum absolute atomic E-state index is 13.5. The van der Waals surface area contributed by atoms with Crippen LogP contribution in [0.5, 0.6) is 5.75 Å². The van der Waals surface area contributed by atoms with Gasteiger partial charge in [0.15, 0.2) is 15.5 Å². The number of imidazole rings is 1. The Labute approximate surface area is 241 Å². The Balaban J connectivity index is 1.65. The molecule has 0 aliphatic rings. The molecule has 0 saturated heterocycles. The third kappa shape index (κ3) is 6.71. The molecule has 43 heavy (non-hydrogen) atoms. The van der Waals surface area contributed by atoms with Gasteiger partial charge in [-0.2, -0.15) is 13.2 Å². The zero-order chi connectivity index (χ0) is 31.2. The van der Waals surface area contributed by atoms with E-state index < -0.39 is 33.8 Å². The van der Waals surface area contributed by atoms with Gasteiger partial charge in [-0.15, -0.1) is 18.3 Å². The first kappa shape index (κ1) is 29.8. The lowest BCUT2D eigenvalue weighted by molar-refractivity contribution is -0.274. The van der Waals surface area contributed by atoms with Crippen LogP contribution in [-0.2, 0) is 22.4 Å². The smallest absolute Gasteiger partial charge is 0.406 e. The van der Waals surface area contributed by atoms with Crippen LogP contribution in [0.15, 0.2) is 84.0 Å². The van der Waals surface area contributed by atoms with Crippen LogP contribution in [0.1, 0.15) is 22.8 Å². The molecule has 0 amide bonds. The summed E-state index contributed by atoms with van der Waals surface area (Å²) in [6.45, 7) is 1.40. The fourth-order valence-corrected chi connectivity index (χ4v) is 5.14. The summed E-state index contributed by atoms with van der Waals surface area (Å²) in [5, 5.41) is 8.08. The number of hydrogen-bond donors (Lipinski definition) is 0. The Morgan fingerprint density at radius 2 is 1.60 bits per heavy atom. The average Bonchev–Trinajstić information content (AvgIpc) is 3.53. The lowest BCUT2D eigenvalue weighted by Gasteiger charge is -2.16. The Kier molecular flexibility index (Phi) is 7.54. The zero-order valence-electron chi connectivity index (χ0n) is 22.3. The highest BCUT2D eigenvalue weighted by molar-refractivity contribution is 7.90. The molecule has 0 atom stereocenters. The van der Waals surface area contributed by atoms with Crippen LogP contribution in [0.4, 0.5) is 26.3 Å². The number of alkyl halides is 6. The van der Waals surface area contributed by atoms with E-state index in [0.29, 0.717) is 22.4 Å². The standard InChI is InChI=1S/C28H21F6N5O3S/c1-17-36-26(27(29,30)31)16-38(17)24-10-9-20(19-6-4-8-23(13-19)43(2,40)41)14-25(24)39-21(15-35-37-39)11-18-5-3-7-22(12-18)42-28(32,33)34/h3-10,12-16H,11H2,1-2H3. The second kappa shape index (κ2) is 10.9. The van der Waals surface area contributed by atoms with E-state index in [1.807, 2.05) is 0 Å². The van der Waals surface area contributed by atoms with Crippen LogP contribution in [0.2, 0.25) is 0 Å². The van der Waals surface area contributed by atoms with E-state index in [9.17, 15) is 34.8 Å². The van der Waals surface area contributed by atoms with Gasteiger partial charge < -0.3 is 9.30 Å². The Hall–Kier alpha value is -4.66. The number of halogens is 6. The monoisotopic (exact) mass is 621 g/mol. The highest BCUT2D eigenvalue weighted by Crippen LogP contribution is 2.33. The van der Waals surface area contributed by atoms with E-state index in [0.717, 1.165) is 18.5 Å². The number of nitrogens with zero attached hydrogens (tertiary/aromatic N) is 5. The van der Waals surface area contributed by atoms with Gasteiger partial charge in [0.05, 0.1) is 28.2 Å². The molecule has 0 spiro atoms. The molecule has 0 unspecified atom stereocenters. The van der Waals surface area contributed by atoms with Crippen LogP contribution < -0.4 is 4.74 Å². The molecule has 8 nitrogen and oxygen atoms in total. The zero-order valence-corrected chi connectivity index (χ0v) is 23.2. The van der Waals surface area contributed by atoms with E-state index >= 15 is 0 Å². The third-order valence-corrected chi connectivity index (χ3v) is 7.48. The fourth-order valence-electron chi connectivity index (χ4n) is 4.48. The lowest BCUT2D eigenvalue weighted by Crippen LogP contribution is -2.17. The number of aryl methyl sites for hydroxylation is 1. The molecule has 224 valence electrons. The summed E-state index contributed by atoms with van der Waals surface area (Å²) >= 11 is 0. The van der Waals surface area contributed by atoms with Gasteiger partial charge in [0, 0.05) is 18.9 Å². The molecule has 0 radical (unpaired) electrons. The number of rotatable bonds is 7. The van der Waals surface area contributed by atoms with Gasteiger partial charge in [-0.1, -0.05) is 35.5 Å². The van der Waals surface area contributed by atoms with Crippen LogP contribution in [0, 0.1) is 6.92 Å². The lowest BCUT2D eigenvalue weighted by atomic mass is 10.0. The quantitative estimate of drug-likeness (QED) is 0.197. The summed E-state index contributed by atoms with van der Waals surface area (Å²) in [5.74, 6) is -0.398. The second-order valence-corrected chi connectivity index (χ2v) is 11.6. The highest BCUT2D eigenvalue weighted by atomic mass is 32.2. The molecule has 0 fully saturated rings. The minimum atomic E-state index is -4.89. The van der Waals surface area contributed by atoms with E-state index in [1.54, 1.807) is 30.3 Å². The Bertz CT molecular complexity index is 1910. The average molecular weight is 622 g/mol. The summed E-state index contributed by atoms with van der Waals surface area (Å²) in [6, 6.07) is 16.2. The summed E-state index contributed by atoms with van der Waals surface area (Å²) in [6.07, 6.45) is -6.27. The van der Waals surface area contributed by atoms with Crippen molar-refractivity contribution in [1.29, 1.82) is 0 Å². The van der Waals surface area contributed by atoms with Gasteiger partial charge in [0.2, 0.25) is 0 Å². The minimum absolute atomic E-state index is 0.0269. The predicted molar refractivity (Wildman–Crippen MR) is 143 cm³/mol. The molecule has 5 rings (SSSR count). The maximum atomic E-state index is 13.5. The molecule has 5 aromatic rings. The van der Waals surface area contributed by atoms with E-state index in [4.69, 9.17) is 0 Å². The van der Waals surface area contributed by atoms with Gasteiger partial charge in [-0.25, -0.2) is 18.1 Å². The topological polar surface area (TPSA) is 91.9 Å². The van der Waals surface area contributed by atoms with E-state index in [1.165, 1.54) is 52.7 Å². The van der Waals surface area contributed by atoms with Gasteiger partial charge in [0.25, 0.3) is 0 Å². The summed E-state index contributed by atoms with van der Waals surface area (Å²) in [7, 11) is -3.54. The van der Waals surface area contributed by atoms with Crippen molar-refractivity contribution >= 4 is 9.84 Å². The number of sulfone groups is 1. The van der Waals surface area contributed by atoms with Gasteiger partial charge in [0.1, 0.15) is 11.6 Å². The molecular weight excluding hydrogens is 600 g/mol. The first-order valence-electron chi connectivity index (χ1n) is 12.4. The van der Waals surface area contributed by atoms with Crippen molar-refractivity contribution in [2.75, 3.05) is 6.26 Å². The van der Waals surface area contributed by atoms with Gasteiger partial charge in [-0.3, -0.25) is 0 Å². The van der Waals surface area contributed by atoms with Crippen LogP contribution in [-0.4, -0.2) is 45.6 Å². The molecule has 2 heterocycles. The molecule has 0 N–H and O–H groups in total. The number of benzene rings is 3.